The number of rotatable bonds is 5. The monoisotopic (exact) mass is 309 g/mol. The SMILES string of the molecule is Cc1ccc2nc(-c3ccc(O)cc3)c(NCCC(C)C)n2c1. The predicted molar refractivity (Wildman–Crippen MR) is 95.0 cm³/mol. The molecule has 0 amide bonds. The van der Waals surface area contributed by atoms with Gasteiger partial charge in [-0.3, -0.25) is 4.40 Å². The summed E-state index contributed by atoms with van der Waals surface area (Å²) >= 11 is 0. The van der Waals surface area contributed by atoms with Crippen LogP contribution < -0.4 is 5.32 Å². The van der Waals surface area contributed by atoms with Gasteiger partial charge in [-0.15, -0.1) is 0 Å². The number of hydrogen-bond acceptors (Lipinski definition) is 3. The zero-order chi connectivity index (χ0) is 16.4. The highest BCUT2D eigenvalue weighted by atomic mass is 16.3. The smallest absolute Gasteiger partial charge is 0.139 e. The highest BCUT2D eigenvalue weighted by Crippen LogP contribution is 2.30. The van der Waals surface area contributed by atoms with Gasteiger partial charge in [-0.25, -0.2) is 4.98 Å². The van der Waals surface area contributed by atoms with Crippen LogP contribution in [-0.4, -0.2) is 21.0 Å². The third-order valence-electron chi connectivity index (χ3n) is 3.92. The van der Waals surface area contributed by atoms with E-state index >= 15 is 0 Å². The first-order valence-corrected chi connectivity index (χ1v) is 8.06. The van der Waals surface area contributed by atoms with Crippen LogP contribution in [0.4, 0.5) is 5.82 Å². The molecule has 0 spiro atoms. The molecule has 0 radical (unpaired) electrons. The van der Waals surface area contributed by atoms with Crippen LogP contribution in [0.2, 0.25) is 0 Å². The summed E-state index contributed by atoms with van der Waals surface area (Å²) in [5.41, 5.74) is 4.03. The van der Waals surface area contributed by atoms with Crippen molar-refractivity contribution >= 4 is 11.5 Å². The number of nitrogens with one attached hydrogen (secondary N) is 1. The van der Waals surface area contributed by atoms with Crippen LogP contribution in [0.25, 0.3) is 16.9 Å². The molecule has 2 heterocycles. The normalized spacial score (nSPS) is 11.3. The Bertz CT molecular complexity index is 803. The standard InChI is InChI=1S/C19H23N3O/c1-13(2)10-11-20-19-18(15-5-7-16(23)8-6-15)21-17-9-4-14(3)12-22(17)19/h4-9,12-13,20,23H,10-11H2,1-3H3. The van der Waals surface area contributed by atoms with E-state index in [1.807, 2.05) is 18.2 Å². The van der Waals surface area contributed by atoms with Crippen LogP contribution in [-0.2, 0) is 0 Å². The van der Waals surface area contributed by atoms with E-state index in [0.29, 0.717) is 5.92 Å². The minimum absolute atomic E-state index is 0.266. The molecule has 4 nitrogen and oxygen atoms in total. The summed E-state index contributed by atoms with van der Waals surface area (Å²) in [6.45, 7) is 7.43. The zero-order valence-electron chi connectivity index (χ0n) is 13.9. The fourth-order valence-electron chi connectivity index (χ4n) is 2.62. The molecule has 0 fully saturated rings. The topological polar surface area (TPSA) is 49.6 Å². The summed E-state index contributed by atoms with van der Waals surface area (Å²) in [6.07, 6.45) is 3.21. The third kappa shape index (κ3) is 3.31. The number of phenolic OH excluding ortho intramolecular Hbond substituents is 1. The van der Waals surface area contributed by atoms with E-state index in [-0.39, 0.29) is 5.75 Å². The molecule has 0 aliphatic rings. The van der Waals surface area contributed by atoms with E-state index in [0.717, 1.165) is 35.7 Å². The third-order valence-corrected chi connectivity index (χ3v) is 3.92. The molecule has 0 saturated heterocycles. The molecule has 2 aromatic heterocycles. The Hall–Kier alpha value is -2.49. The number of imidazole rings is 1. The van der Waals surface area contributed by atoms with Gasteiger partial charge in [-0.05, 0) is 55.2 Å². The first-order chi connectivity index (χ1) is 11.0. The number of phenols is 1. The summed E-state index contributed by atoms with van der Waals surface area (Å²) < 4.78 is 2.11. The lowest BCUT2D eigenvalue weighted by Gasteiger charge is -2.10. The van der Waals surface area contributed by atoms with Crippen LogP contribution in [0.5, 0.6) is 5.75 Å². The second kappa shape index (κ2) is 6.32. The molecule has 0 aliphatic heterocycles. The maximum absolute atomic E-state index is 9.51. The van der Waals surface area contributed by atoms with Gasteiger partial charge < -0.3 is 10.4 Å². The van der Waals surface area contributed by atoms with Gasteiger partial charge >= 0.3 is 0 Å². The summed E-state index contributed by atoms with van der Waals surface area (Å²) in [5, 5.41) is 13.1. The van der Waals surface area contributed by atoms with Crippen LogP contribution >= 0.6 is 0 Å². The number of aromatic hydroxyl groups is 1. The second-order valence-corrected chi connectivity index (χ2v) is 6.40. The lowest BCUT2D eigenvalue weighted by Crippen LogP contribution is -2.07. The first kappa shape index (κ1) is 15.4. The lowest BCUT2D eigenvalue weighted by molar-refractivity contribution is 0.475. The Morgan fingerprint density at radius 1 is 1.13 bits per heavy atom. The summed E-state index contributed by atoms with van der Waals surface area (Å²) in [7, 11) is 0. The highest BCUT2D eigenvalue weighted by molar-refractivity contribution is 5.76. The number of benzene rings is 1. The number of aryl methyl sites for hydroxylation is 1. The van der Waals surface area contributed by atoms with Gasteiger partial charge in [0.2, 0.25) is 0 Å². The number of hydrogen-bond donors (Lipinski definition) is 2. The van der Waals surface area contributed by atoms with E-state index in [2.05, 4.69) is 42.8 Å². The summed E-state index contributed by atoms with van der Waals surface area (Å²) in [4.78, 5) is 4.77. The maximum Gasteiger partial charge on any atom is 0.139 e. The van der Waals surface area contributed by atoms with E-state index < -0.39 is 0 Å². The van der Waals surface area contributed by atoms with Crippen molar-refractivity contribution in [2.24, 2.45) is 5.92 Å². The molecule has 3 aromatic rings. The number of aromatic nitrogens is 2. The van der Waals surface area contributed by atoms with Gasteiger partial charge in [-0.1, -0.05) is 19.9 Å². The Balaban J connectivity index is 2.06. The molecule has 0 aliphatic carbocycles. The van der Waals surface area contributed by atoms with Gasteiger partial charge in [-0.2, -0.15) is 0 Å². The Morgan fingerprint density at radius 2 is 1.87 bits per heavy atom. The van der Waals surface area contributed by atoms with Crippen LogP contribution in [0.15, 0.2) is 42.6 Å². The van der Waals surface area contributed by atoms with Crippen LogP contribution in [0.3, 0.4) is 0 Å². The Morgan fingerprint density at radius 3 is 2.57 bits per heavy atom. The van der Waals surface area contributed by atoms with Crippen molar-refractivity contribution in [2.75, 3.05) is 11.9 Å². The number of anilines is 1. The molecule has 2 N–H and O–H groups in total. The Labute approximate surface area is 136 Å². The fraction of sp³-hybridized carbons (Fsp3) is 0.316. The molecule has 0 bridgehead atoms. The van der Waals surface area contributed by atoms with Crippen molar-refractivity contribution in [3.05, 3.63) is 48.2 Å². The van der Waals surface area contributed by atoms with E-state index in [4.69, 9.17) is 4.98 Å². The molecule has 0 unspecified atom stereocenters. The van der Waals surface area contributed by atoms with Crippen molar-refractivity contribution in [1.82, 2.24) is 9.38 Å². The van der Waals surface area contributed by atoms with Gasteiger partial charge in [0.05, 0.1) is 0 Å². The first-order valence-electron chi connectivity index (χ1n) is 8.06. The average Bonchev–Trinajstić information content (AvgIpc) is 2.86. The minimum Gasteiger partial charge on any atom is -0.508 e. The van der Waals surface area contributed by atoms with Crippen molar-refractivity contribution in [2.45, 2.75) is 27.2 Å². The van der Waals surface area contributed by atoms with E-state index in [9.17, 15) is 5.11 Å². The molecular weight excluding hydrogens is 286 g/mol. The van der Waals surface area contributed by atoms with Gasteiger partial charge in [0, 0.05) is 18.3 Å². The van der Waals surface area contributed by atoms with Crippen LogP contribution in [0, 0.1) is 12.8 Å². The van der Waals surface area contributed by atoms with Gasteiger partial charge in [0.25, 0.3) is 0 Å². The number of nitrogens with zero attached hydrogens (tertiary/aromatic N) is 2. The Kier molecular flexibility index (Phi) is 4.24. The van der Waals surface area contributed by atoms with Crippen molar-refractivity contribution < 1.29 is 5.11 Å². The predicted octanol–water partition coefficient (Wildman–Crippen LogP) is 4.47. The van der Waals surface area contributed by atoms with Crippen molar-refractivity contribution in [3.63, 3.8) is 0 Å². The minimum atomic E-state index is 0.266. The second-order valence-electron chi connectivity index (χ2n) is 6.40. The van der Waals surface area contributed by atoms with Crippen molar-refractivity contribution in [3.8, 4) is 17.0 Å². The molecule has 23 heavy (non-hydrogen) atoms. The maximum atomic E-state index is 9.51. The highest BCUT2D eigenvalue weighted by Gasteiger charge is 2.14. The number of fused-ring (bicyclic) bond motifs is 1. The molecule has 4 heteroatoms. The molecule has 0 saturated carbocycles. The van der Waals surface area contributed by atoms with Crippen molar-refractivity contribution in [1.29, 1.82) is 0 Å². The molecule has 120 valence electrons. The molecule has 3 rings (SSSR count). The zero-order valence-corrected chi connectivity index (χ0v) is 13.9. The molecular formula is C19H23N3O. The van der Waals surface area contributed by atoms with E-state index in [1.54, 1.807) is 12.1 Å². The molecule has 0 atom stereocenters. The van der Waals surface area contributed by atoms with Crippen LogP contribution in [0.1, 0.15) is 25.8 Å². The van der Waals surface area contributed by atoms with Gasteiger partial charge in [0.1, 0.15) is 22.9 Å². The molecule has 1 aromatic carbocycles. The lowest BCUT2D eigenvalue weighted by atomic mass is 10.1. The summed E-state index contributed by atoms with van der Waals surface area (Å²) in [5.74, 6) is 1.93. The summed E-state index contributed by atoms with van der Waals surface area (Å²) in [6, 6.07) is 11.3. The largest absolute Gasteiger partial charge is 0.508 e. The number of pyridine rings is 1. The quantitative estimate of drug-likeness (QED) is 0.731. The van der Waals surface area contributed by atoms with Gasteiger partial charge in [0.15, 0.2) is 0 Å². The average molecular weight is 309 g/mol. The fourth-order valence-corrected chi connectivity index (χ4v) is 2.62. The van der Waals surface area contributed by atoms with E-state index in [1.165, 1.54) is 5.56 Å².